The van der Waals surface area contributed by atoms with E-state index in [0.29, 0.717) is 31.7 Å². The van der Waals surface area contributed by atoms with E-state index in [0.717, 1.165) is 38.8 Å². The van der Waals surface area contributed by atoms with Crippen LogP contribution in [0.25, 0.3) is 0 Å². The van der Waals surface area contributed by atoms with Crippen LogP contribution in [-0.2, 0) is 16.0 Å². The molecule has 1 aromatic rings. The highest BCUT2D eigenvalue weighted by Gasteiger charge is 2.34. The van der Waals surface area contributed by atoms with E-state index in [2.05, 4.69) is 59.0 Å². The van der Waals surface area contributed by atoms with Gasteiger partial charge in [0.15, 0.2) is 0 Å². The molecule has 4 atom stereocenters. The molecule has 9 heteroatoms. The summed E-state index contributed by atoms with van der Waals surface area (Å²) in [5.41, 5.74) is 7.60. The minimum atomic E-state index is -1.06. The average Bonchev–Trinajstić information content (AvgIpc) is 3.34. The molecule has 40 heavy (non-hydrogen) atoms. The summed E-state index contributed by atoms with van der Waals surface area (Å²) in [5, 5.41) is 17.0. The van der Waals surface area contributed by atoms with Crippen LogP contribution in [0, 0.1) is 11.8 Å². The highest BCUT2D eigenvalue weighted by atomic mass is 16.4. The van der Waals surface area contributed by atoms with Gasteiger partial charge in [-0.25, -0.2) is 4.79 Å². The van der Waals surface area contributed by atoms with Crippen LogP contribution in [0.15, 0.2) is 42.5 Å². The third-order valence-corrected chi connectivity index (χ3v) is 7.11. The van der Waals surface area contributed by atoms with E-state index >= 15 is 0 Å². The number of benzene rings is 1. The normalized spacial score (nSPS) is 18.1. The molecule has 0 spiro atoms. The molecule has 1 aliphatic heterocycles. The molecule has 0 saturated carbocycles. The number of carbonyl (C=O) groups is 3. The van der Waals surface area contributed by atoms with Crippen LogP contribution in [-0.4, -0.2) is 71.7 Å². The molecule has 3 unspecified atom stereocenters. The molecular weight excluding hydrogens is 506 g/mol. The molecule has 2 rings (SSSR count). The summed E-state index contributed by atoms with van der Waals surface area (Å²) in [6, 6.07) is 9.38. The van der Waals surface area contributed by atoms with Gasteiger partial charge in [0.05, 0.1) is 6.04 Å². The Bertz CT molecular complexity index is 937. The first-order valence-corrected chi connectivity index (χ1v) is 14.8. The Morgan fingerprint density at radius 3 is 2.45 bits per heavy atom. The Hall–Kier alpha value is -2.91. The van der Waals surface area contributed by atoms with Crippen LogP contribution in [0.1, 0.15) is 71.8 Å². The number of nitrogens with one attached hydrogen (secondary N) is 3. The van der Waals surface area contributed by atoms with E-state index in [1.165, 1.54) is 5.56 Å². The van der Waals surface area contributed by atoms with E-state index in [-0.39, 0.29) is 35.9 Å². The van der Waals surface area contributed by atoms with E-state index in [1.807, 2.05) is 32.0 Å². The highest BCUT2D eigenvalue weighted by molar-refractivity contribution is 5.90. The fourth-order valence-corrected chi connectivity index (χ4v) is 5.27. The molecular formula is C31H51N5O4. The summed E-state index contributed by atoms with van der Waals surface area (Å²) in [5.74, 6) is 0.399. The zero-order valence-corrected chi connectivity index (χ0v) is 24.8. The first kappa shape index (κ1) is 33.3. The predicted octanol–water partition coefficient (Wildman–Crippen LogP) is 3.69. The van der Waals surface area contributed by atoms with Crippen LogP contribution in [0.2, 0.25) is 0 Å². The maximum Gasteiger partial charge on any atom is 0.404 e. The van der Waals surface area contributed by atoms with Crippen molar-refractivity contribution in [3.63, 3.8) is 0 Å². The molecule has 224 valence electrons. The lowest BCUT2D eigenvalue weighted by molar-refractivity contribution is -0.132. The minimum Gasteiger partial charge on any atom is -0.465 e. The van der Waals surface area contributed by atoms with Crippen LogP contribution < -0.4 is 21.7 Å². The van der Waals surface area contributed by atoms with Crippen molar-refractivity contribution in [3.8, 4) is 0 Å². The molecule has 1 aromatic carbocycles. The van der Waals surface area contributed by atoms with Gasteiger partial charge in [-0.2, -0.15) is 0 Å². The number of nitrogens with two attached hydrogens (primary N) is 1. The maximum atomic E-state index is 13.5. The molecule has 0 aromatic heterocycles. The van der Waals surface area contributed by atoms with E-state index in [9.17, 15) is 14.4 Å². The molecule has 9 nitrogen and oxygen atoms in total. The van der Waals surface area contributed by atoms with Gasteiger partial charge in [-0.1, -0.05) is 56.3 Å². The van der Waals surface area contributed by atoms with Crippen molar-refractivity contribution in [2.45, 2.75) is 96.8 Å². The number of likely N-dealkylation sites (tertiary alicyclic amines) is 1. The number of unbranched alkanes of at least 4 members (excludes halogenated alkanes) is 1. The fraction of sp³-hybridized carbons (Fsp3) is 0.645. The van der Waals surface area contributed by atoms with Gasteiger partial charge in [0.25, 0.3) is 0 Å². The van der Waals surface area contributed by atoms with E-state index < -0.39 is 12.1 Å². The van der Waals surface area contributed by atoms with Crippen molar-refractivity contribution in [2.24, 2.45) is 17.6 Å². The molecule has 1 saturated heterocycles. The van der Waals surface area contributed by atoms with Gasteiger partial charge in [-0.3, -0.25) is 14.5 Å². The number of nitrogens with zero attached hydrogens (tertiary/aromatic N) is 1. The van der Waals surface area contributed by atoms with E-state index in [4.69, 9.17) is 10.8 Å². The maximum absolute atomic E-state index is 13.5. The van der Waals surface area contributed by atoms with Crippen molar-refractivity contribution in [3.05, 3.63) is 48.0 Å². The molecule has 3 amide bonds. The minimum absolute atomic E-state index is 0.00173. The summed E-state index contributed by atoms with van der Waals surface area (Å²) >= 11 is 0. The molecule has 6 N–H and O–H groups in total. The van der Waals surface area contributed by atoms with Crippen molar-refractivity contribution < 1.29 is 19.5 Å². The van der Waals surface area contributed by atoms with Crippen molar-refractivity contribution >= 4 is 17.9 Å². The van der Waals surface area contributed by atoms with Gasteiger partial charge < -0.3 is 26.8 Å². The zero-order valence-electron chi connectivity index (χ0n) is 24.8. The van der Waals surface area contributed by atoms with Crippen molar-refractivity contribution in [1.29, 1.82) is 0 Å². The number of rotatable bonds is 17. The zero-order chi connectivity index (χ0) is 29.5. The molecule has 1 fully saturated rings. The molecule has 0 bridgehead atoms. The SMILES string of the molecule is CC(C)CC(N)/C=C/C(Cc1ccccc1)CN1CCC[C@H]1C(=O)NC(CCCCNC(=O)O)C(=O)NC(C)C. The molecule has 1 heterocycles. The lowest BCUT2D eigenvalue weighted by atomic mass is 9.95. The Morgan fingerprint density at radius 1 is 1.07 bits per heavy atom. The van der Waals surface area contributed by atoms with E-state index in [1.54, 1.807) is 0 Å². The molecule has 1 aliphatic rings. The molecule has 0 aliphatic carbocycles. The van der Waals surface area contributed by atoms with Crippen LogP contribution in [0.4, 0.5) is 4.79 Å². The van der Waals surface area contributed by atoms with Gasteiger partial charge in [0, 0.05) is 25.2 Å². The van der Waals surface area contributed by atoms with Crippen LogP contribution in [0.3, 0.4) is 0 Å². The lowest BCUT2D eigenvalue weighted by Gasteiger charge is -2.29. The Morgan fingerprint density at radius 2 is 1.80 bits per heavy atom. The summed E-state index contributed by atoms with van der Waals surface area (Å²) in [4.78, 5) is 39.3. The number of hydrogen-bond acceptors (Lipinski definition) is 5. The molecule has 0 radical (unpaired) electrons. The summed E-state index contributed by atoms with van der Waals surface area (Å²) in [7, 11) is 0. The number of carboxylic acid groups (broad SMARTS) is 1. The monoisotopic (exact) mass is 557 g/mol. The van der Waals surface area contributed by atoms with Crippen LogP contribution in [0.5, 0.6) is 0 Å². The van der Waals surface area contributed by atoms with Crippen LogP contribution >= 0.6 is 0 Å². The Kier molecular flexibility index (Phi) is 14.7. The second-order valence-electron chi connectivity index (χ2n) is 11.7. The van der Waals surface area contributed by atoms with Crippen molar-refractivity contribution in [1.82, 2.24) is 20.9 Å². The second kappa shape index (κ2) is 17.7. The standard InChI is InChI=1S/C31H51N5O4/c1-22(2)19-26(32)16-15-25(20-24-11-6-5-7-12-24)21-36-18-10-14-28(36)30(38)35-27(29(37)34-23(3)4)13-8-9-17-33-31(39)40/h5-7,11-12,15-16,22-23,25-28,33H,8-10,13-14,17-21,32H2,1-4H3,(H,34,37)(H,35,38)(H,39,40)/b16-15+/t25?,26?,27?,28-/m0/s1. The van der Waals surface area contributed by atoms with Gasteiger partial charge in [-0.05, 0) is 82.7 Å². The Balaban J connectivity index is 2.08. The second-order valence-corrected chi connectivity index (χ2v) is 11.7. The quantitative estimate of drug-likeness (QED) is 0.146. The summed E-state index contributed by atoms with van der Waals surface area (Å²) in [6.07, 6.45) is 8.40. The van der Waals surface area contributed by atoms with Gasteiger partial charge >= 0.3 is 6.09 Å². The third kappa shape index (κ3) is 13.0. The first-order chi connectivity index (χ1) is 19.0. The lowest BCUT2D eigenvalue weighted by Crippen LogP contribution is -2.53. The smallest absolute Gasteiger partial charge is 0.404 e. The van der Waals surface area contributed by atoms with Crippen molar-refractivity contribution in [2.75, 3.05) is 19.6 Å². The van der Waals surface area contributed by atoms with Gasteiger partial charge in [0.2, 0.25) is 11.8 Å². The summed E-state index contributed by atoms with van der Waals surface area (Å²) < 4.78 is 0. The topological polar surface area (TPSA) is 137 Å². The Labute approximate surface area is 240 Å². The average molecular weight is 558 g/mol. The summed E-state index contributed by atoms with van der Waals surface area (Å²) in [6.45, 7) is 10.0. The van der Waals surface area contributed by atoms with Gasteiger partial charge in [-0.15, -0.1) is 0 Å². The van der Waals surface area contributed by atoms with Gasteiger partial charge in [0.1, 0.15) is 6.04 Å². The highest BCUT2D eigenvalue weighted by Crippen LogP contribution is 2.22. The largest absolute Gasteiger partial charge is 0.465 e. The number of amides is 3. The number of carbonyl (C=O) groups excluding carboxylic acids is 2. The third-order valence-electron chi connectivity index (χ3n) is 7.11. The predicted molar refractivity (Wildman–Crippen MR) is 160 cm³/mol. The fourth-order valence-electron chi connectivity index (χ4n) is 5.27. The number of hydrogen-bond donors (Lipinski definition) is 5. The first-order valence-electron chi connectivity index (χ1n) is 14.8.